The van der Waals surface area contributed by atoms with E-state index < -0.39 is 16.9 Å². The van der Waals surface area contributed by atoms with Gasteiger partial charge in [0.1, 0.15) is 34.9 Å². The van der Waals surface area contributed by atoms with Crippen LogP contribution in [0.3, 0.4) is 0 Å². The van der Waals surface area contributed by atoms with Crippen molar-refractivity contribution in [1.29, 1.82) is 15.8 Å². The summed E-state index contributed by atoms with van der Waals surface area (Å²) in [4.78, 5) is 13.9. The molecule has 0 radical (unpaired) electrons. The quantitative estimate of drug-likeness (QED) is 0.814. The van der Waals surface area contributed by atoms with Gasteiger partial charge in [-0.15, -0.1) is 0 Å². The van der Waals surface area contributed by atoms with Crippen LogP contribution in [0.2, 0.25) is 0 Å². The molecule has 3 N–H and O–H groups in total. The summed E-state index contributed by atoms with van der Waals surface area (Å²) < 4.78 is 14.1. The average molecular weight is 279 g/mol. The first-order valence-corrected chi connectivity index (χ1v) is 5.60. The normalized spacial score (nSPS) is 9.43. The number of aromatic amines is 1. The largest absolute Gasteiger partial charge is 0.384 e. The van der Waals surface area contributed by atoms with E-state index in [2.05, 4.69) is 4.98 Å². The van der Waals surface area contributed by atoms with Gasteiger partial charge in [0.05, 0.1) is 11.6 Å². The lowest BCUT2D eigenvalue weighted by atomic mass is 9.93. The number of hydrogen-bond donors (Lipinski definition) is 2. The Morgan fingerprint density at radius 1 is 1.05 bits per heavy atom. The first-order chi connectivity index (χ1) is 10.0. The van der Waals surface area contributed by atoms with Crippen LogP contribution in [0.5, 0.6) is 0 Å². The number of pyridine rings is 1. The minimum atomic E-state index is -0.851. The van der Waals surface area contributed by atoms with Crippen molar-refractivity contribution < 1.29 is 4.39 Å². The Morgan fingerprint density at radius 3 is 2.29 bits per heavy atom. The molecular weight excluding hydrogens is 273 g/mol. The van der Waals surface area contributed by atoms with Gasteiger partial charge in [-0.05, 0) is 12.1 Å². The third-order valence-electron chi connectivity index (χ3n) is 2.85. The summed E-state index contributed by atoms with van der Waals surface area (Å²) in [6, 6.07) is 8.80. The van der Waals surface area contributed by atoms with Gasteiger partial charge in [0.15, 0.2) is 0 Å². The second-order valence-corrected chi connectivity index (χ2v) is 3.99. The van der Waals surface area contributed by atoms with Crippen LogP contribution in [-0.4, -0.2) is 4.98 Å². The van der Waals surface area contributed by atoms with Gasteiger partial charge < -0.3 is 10.7 Å². The minimum Gasteiger partial charge on any atom is -0.384 e. The van der Waals surface area contributed by atoms with E-state index in [0.717, 1.165) is 6.07 Å². The summed E-state index contributed by atoms with van der Waals surface area (Å²) in [5, 5.41) is 27.3. The lowest BCUT2D eigenvalue weighted by Gasteiger charge is -2.10. The van der Waals surface area contributed by atoms with Crippen molar-refractivity contribution in [3.8, 4) is 29.3 Å². The van der Waals surface area contributed by atoms with Gasteiger partial charge in [-0.2, -0.15) is 15.8 Å². The fraction of sp³-hybridized carbons (Fsp3) is 0. The number of nitrogens with zero attached hydrogens (tertiary/aromatic N) is 3. The zero-order valence-electron chi connectivity index (χ0n) is 10.4. The third kappa shape index (κ3) is 2.07. The molecule has 0 aliphatic rings. The first kappa shape index (κ1) is 13.8. The highest BCUT2D eigenvalue weighted by atomic mass is 19.1. The molecule has 0 amide bonds. The van der Waals surface area contributed by atoms with Crippen LogP contribution < -0.4 is 11.3 Å². The van der Waals surface area contributed by atoms with Gasteiger partial charge in [-0.3, -0.25) is 4.79 Å². The molecule has 0 spiro atoms. The number of anilines is 1. The van der Waals surface area contributed by atoms with Crippen LogP contribution in [0, 0.1) is 39.8 Å². The molecule has 0 saturated carbocycles. The molecule has 0 bridgehead atoms. The molecular formula is C14H6FN5O. The third-order valence-corrected chi connectivity index (χ3v) is 2.85. The lowest BCUT2D eigenvalue weighted by Crippen LogP contribution is -2.17. The maximum atomic E-state index is 14.1. The first-order valence-electron chi connectivity index (χ1n) is 5.60. The topological polar surface area (TPSA) is 130 Å². The van der Waals surface area contributed by atoms with Crippen LogP contribution in [0.1, 0.15) is 16.7 Å². The number of aromatic nitrogens is 1. The Bertz CT molecular complexity index is 925. The predicted molar refractivity (Wildman–Crippen MR) is 71.0 cm³/mol. The highest BCUT2D eigenvalue weighted by Crippen LogP contribution is 2.32. The van der Waals surface area contributed by atoms with Gasteiger partial charge in [-0.25, -0.2) is 4.39 Å². The zero-order chi connectivity index (χ0) is 15.6. The van der Waals surface area contributed by atoms with Gasteiger partial charge in [0.25, 0.3) is 5.56 Å². The fourth-order valence-corrected chi connectivity index (χ4v) is 1.96. The number of H-pyrrole nitrogens is 1. The van der Waals surface area contributed by atoms with Gasteiger partial charge >= 0.3 is 0 Å². The molecule has 0 fully saturated rings. The molecule has 0 unspecified atom stereocenters. The second-order valence-electron chi connectivity index (χ2n) is 3.99. The molecule has 1 heterocycles. The SMILES string of the molecule is N#Cc1cccc(F)c1-c1c(C#N)c(N)[nH]c(=O)c1C#N. The number of nitrogens with two attached hydrogens (primary N) is 1. The summed E-state index contributed by atoms with van der Waals surface area (Å²) in [6.07, 6.45) is 0. The monoisotopic (exact) mass is 279 g/mol. The molecule has 0 atom stereocenters. The van der Waals surface area contributed by atoms with E-state index in [1.54, 1.807) is 18.2 Å². The number of rotatable bonds is 1. The molecule has 0 aliphatic heterocycles. The Hall–Kier alpha value is -3.63. The molecule has 2 aromatic rings. The van der Waals surface area contributed by atoms with Gasteiger partial charge in [0, 0.05) is 11.1 Å². The number of nitrogens with one attached hydrogen (secondary N) is 1. The fourth-order valence-electron chi connectivity index (χ4n) is 1.96. The summed E-state index contributed by atoms with van der Waals surface area (Å²) in [7, 11) is 0. The van der Waals surface area contributed by atoms with E-state index in [-0.39, 0.29) is 28.1 Å². The highest BCUT2D eigenvalue weighted by Gasteiger charge is 2.23. The van der Waals surface area contributed by atoms with E-state index in [1.165, 1.54) is 12.1 Å². The van der Waals surface area contributed by atoms with Crippen LogP contribution in [0.25, 0.3) is 11.1 Å². The molecule has 1 aromatic carbocycles. The molecule has 6 nitrogen and oxygen atoms in total. The van der Waals surface area contributed by atoms with E-state index >= 15 is 0 Å². The van der Waals surface area contributed by atoms with E-state index in [0.29, 0.717) is 0 Å². The maximum Gasteiger partial charge on any atom is 0.268 e. The minimum absolute atomic E-state index is 0.104. The molecule has 2 rings (SSSR count). The smallest absolute Gasteiger partial charge is 0.268 e. The molecule has 7 heteroatoms. The number of benzene rings is 1. The average Bonchev–Trinajstić information content (AvgIpc) is 2.46. The van der Waals surface area contributed by atoms with Crippen molar-refractivity contribution in [1.82, 2.24) is 4.98 Å². The summed E-state index contributed by atoms with van der Waals surface area (Å²) >= 11 is 0. The molecule has 21 heavy (non-hydrogen) atoms. The van der Waals surface area contributed by atoms with Gasteiger partial charge in [-0.1, -0.05) is 6.07 Å². The number of hydrogen-bond acceptors (Lipinski definition) is 5. The van der Waals surface area contributed by atoms with E-state index in [1.807, 2.05) is 0 Å². The highest BCUT2D eigenvalue weighted by molar-refractivity contribution is 5.83. The molecule has 100 valence electrons. The zero-order valence-corrected chi connectivity index (χ0v) is 10.4. The van der Waals surface area contributed by atoms with E-state index in [9.17, 15) is 9.18 Å². The molecule has 0 aliphatic carbocycles. The Labute approximate surface area is 118 Å². The summed E-state index contributed by atoms with van der Waals surface area (Å²) in [5.41, 5.74) is 3.31. The van der Waals surface area contributed by atoms with Crippen molar-refractivity contribution >= 4 is 5.82 Å². The number of nitriles is 3. The van der Waals surface area contributed by atoms with Crippen molar-refractivity contribution in [2.75, 3.05) is 5.73 Å². The second kappa shape index (κ2) is 5.16. The van der Waals surface area contributed by atoms with Crippen molar-refractivity contribution in [3.05, 3.63) is 51.1 Å². The summed E-state index contributed by atoms with van der Waals surface area (Å²) in [5.74, 6) is -1.12. The van der Waals surface area contributed by atoms with Gasteiger partial charge in [0.2, 0.25) is 0 Å². The van der Waals surface area contributed by atoms with Crippen LogP contribution in [0.15, 0.2) is 23.0 Å². The molecule has 1 aromatic heterocycles. The Morgan fingerprint density at radius 2 is 1.71 bits per heavy atom. The maximum absolute atomic E-state index is 14.1. The number of nitrogen functional groups attached to an aromatic ring is 1. The summed E-state index contributed by atoms with van der Waals surface area (Å²) in [6.45, 7) is 0. The van der Waals surface area contributed by atoms with Crippen molar-refractivity contribution in [2.45, 2.75) is 0 Å². The van der Waals surface area contributed by atoms with Crippen LogP contribution >= 0.6 is 0 Å². The molecule has 0 saturated heterocycles. The van der Waals surface area contributed by atoms with Crippen molar-refractivity contribution in [2.24, 2.45) is 0 Å². The Kier molecular flexibility index (Phi) is 3.39. The van der Waals surface area contributed by atoms with E-state index in [4.69, 9.17) is 21.5 Å². The Balaban J connectivity index is 3.10. The standard InChI is InChI=1S/C14H6FN5O/c15-10-3-1-2-7(4-16)11(10)12-8(5-17)13(19)20-14(21)9(12)6-18/h1-3H,(H3,19,20,21). The lowest BCUT2D eigenvalue weighted by molar-refractivity contribution is 0.631. The van der Waals surface area contributed by atoms with Crippen molar-refractivity contribution in [3.63, 3.8) is 0 Å². The van der Waals surface area contributed by atoms with Crippen LogP contribution in [-0.2, 0) is 0 Å². The van der Waals surface area contributed by atoms with Crippen LogP contribution in [0.4, 0.5) is 10.2 Å². The predicted octanol–water partition coefficient (Wildman–Crippen LogP) is 1.38. The number of halogens is 1.